The van der Waals surface area contributed by atoms with E-state index in [-0.39, 0.29) is 22.4 Å². The van der Waals surface area contributed by atoms with E-state index < -0.39 is 10.0 Å². The standard InChI is InChI=1S/C12H12N2O4S2/c13-20(17,18)11-5-4-10(19-11)7-14-12(16)8-2-1-3-9(15)6-8/h1-6,15H,7H2,(H,14,16)(H2,13,17,18). The van der Waals surface area contributed by atoms with Crippen LogP contribution in [0.2, 0.25) is 0 Å². The van der Waals surface area contributed by atoms with Gasteiger partial charge in [0, 0.05) is 10.4 Å². The van der Waals surface area contributed by atoms with Crippen LogP contribution in [0.15, 0.2) is 40.6 Å². The van der Waals surface area contributed by atoms with Crippen molar-refractivity contribution in [3.8, 4) is 5.75 Å². The Morgan fingerprint density at radius 3 is 2.65 bits per heavy atom. The number of rotatable bonds is 4. The monoisotopic (exact) mass is 312 g/mol. The van der Waals surface area contributed by atoms with Crippen LogP contribution < -0.4 is 10.5 Å². The summed E-state index contributed by atoms with van der Waals surface area (Å²) in [5.74, 6) is -0.350. The minimum atomic E-state index is -3.71. The molecular formula is C12H12N2O4S2. The average Bonchev–Trinajstić information content (AvgIpc) is 2.84. The number of nitrogens with one attached hydrogen (secondary N) is 1. The van der Waals surface area contributed by atoms with Crippen molar-refractivity contribution in [3.63, 3.8) is 0 Å². The molecule has 0 saturated heterocycles. The van der Waals surface area contributed by atoms with Gasteiger partial charge in [-0.1, -0.05) is 6.07 Å². The molecule has 1 amide bonds. The molecule has 0 bridgehead atoms. The fourth-order valence-corrected chi connectivity index (χ4v) is 3.24. The molecule has 2 aromatic rings. The van der Waals surface area contributed by atoms with Crippen molar-refractivity contribution >= 4 is 27.3 Å². The lowest BCUT2D eigenvalue weighted by atomic mass is 10.2. The van der Waals surface area contributed by atoms with E-state index in [9.17, 15) is 18.3 Å². The number of benzene rings is 1. The summed E-state index contributed by atoms with van der Waals surface area (Å²) in [6.07, 6.45) is 0. The topological polar surface area (TPSA) is 109 Å². The van der Waals surface area contributed by atoms with Crippen LogP contribution >= 0.6 is 11.3 Å². The quantitative estimate of drug-likeness (QED) is 0.783. The number of primary sulfonamides is 1. The smallest absolute Gasteiger partial charge is 0.251 e. The molecule has 0 spiro atoms. The summed E-state index contributed by atoms with van der Waals surface area (Å²) < 4.78 is 22.3. The molecule has 0 fully saturated rings. The summed E-state index contributed by atoms with van der Waals surface area (Å²) in [5, 5.41) is 16.9. The van der Waals surface area contributed by atoms with Gasteiger partial charge in [-0.15, -0.1) is 11.3 Å². The first-order valence-corrected chi connectivity index (χ1v) is 7.91. The van der Waals surface area contributed by atoms with Gasteiger partial charge in [-0.3, -0.25) is 4.79 Å². The number of aromatic hydroxyl groups is 1. The molecule has 4 N–H and O–H groups in total. The van der Waals surface area contributed by atoms with Crippen molar-refractivity contribution < 1.29 is 18.3 Å². The Bertz CT molecular complexity index is 737. The van der Waals surface area contributed by atoms with Gasteiger partial charge in [0.05, 0.1) is 6.54 Å². The van der Waals surface area contributed by atoms with E-state index >= 15 is 0 Å². The number of sulfonamides is 1. The third-order valence-electron chi connectivity index (χ3n) is 2.45. The molecule has 0 aliphatic carbocycles. The number of nitrogens with two attached hydrogens (primary N) is 1. The average molecular weight is 312 g/mol. The van der Waals surface area contributed by atoms with Gasteiger partial charge in [-0.2, -0.15) is 0 Å². The zero-order valence-electron chi connectivity index (χ0n) is 10.2. The number of hydrogen-bond donors (Lipinski definition) is 3. The van der Waals surface area contributed by atoms with Crippen molar-refractivity contribution in [2.45, 2.75) is 10.8 Å². The van der Waals surface area contributed by atoms with E-state index in [4.69, 9.17) is 5.14 Å². The number of phenolic OH excluding ortho intramolecular Hbond substituents is 1. The molecule has 0 unspecified atom stereocenters. The predicted octanol–water partition coefficient (Wildman–Crippen LogP) is 1.03. The second-order valence-electron chi connectivity index (χ2n) is 4.00. The van der Waals surface area contributed by atoms with Crippen molar-refractivity contribution in [1.82, 2.24) is 5.32 Å². The summed E-state index contributed by atoms with van der Waals surface area (Å²) in [6, 6.07) is 8.94. The minimum absolute atomic E-state index is 0.00489. The third kappa shape index (κ3) is 3.56. The molecule has 0 aliphatic rings. The highest BCUT2D eigenvalue weighted by Crippen LogP contribution is 2.20. The van der Waals surface area contributed by atoms with Gasteiger partial charge in [0.2, 0.25) is 10.0 Å². The molecule has 106 valence electrons. The fraction of sp³-hybridized carbons (Fsp3) is 0.0833. The maximum Gasteiger partial charge on any atom is 0.251 e. The van der Waals surface area contributed by atoms with Gasteiger partial charge < -0.3 is 10.4 Å². The maximum atomic E-state index is 11.8. The number of amides is 1. The maximum absolute atomic E-state index is 11.8. The zero-order valence-corrected chi connectivity index (χ0v) is 11.9. The molecule has 0 atom stereocenters. The van der Waals surface area contributed by atoms with Crippen LogP contribution in [0.25, 0.3) is 0 Å². The third-order valence-corrected chi connectivity index (χ3v) is 4.97. The second kappa shape index (κ2) is 5.61. The van der Waals surface area contributed by atoms with E-state index in [1.165, 1.54) is 18.2 Å². The van der Waals surface area contributed by atoms with Gasteiger partial charge in [0.25, 0.3) is 5.91 Å². The van der Waals surface area contributed by atoms with Crippen LogP contribution in [0, 0.1) is 0 Å². The lowest BCUT2D eigenvalue weighted by molar-refractivity contribution is 0.0951. The van der Waals surface area contributed by atoms with E-state index in [1.807, 2.05) is 0 Å². The molecule has 1 aromatic heterocycles. The SMILES string of the molecule is NS(=O)(=O)c1ccc(CNC(=O)c2cccc(O)c2)s1. The molecule has 20 heavy (non-hydrogen) atoms. The Morgan fingerprint density at radius 1 is 1.30 bits per heavy atom. The van der Waals surface area contributed by atoms with Crippen LogP contribution in [0.4, 0.5) is 0 Å². The van der Waals surface area contributed by atoms with Crippen molar-refractivity contribution in [1.29, 1.82) is 0 Å². The largest absolute Gasteiger partial charge is 0.508 e. The Kier molecular flexibility index (Phi) is 4.07. The van der Waals surface area contributed by atoms with Crippen molar-refractivity contribution in [3.05, 3.63) is 46.8 Å². The highest BCUT2D eigenvalue weighted by atomic mass is 32.2. The number of carbonyl (C=O) groups excluding carboxylic acids is 1. The molecule has 8 heteroatoms. The molecule has 0 aliphatic heterocycles. The van der Waals surface area contributed by atoms with Gasteiger partial charge in [0.15, 0.2) is 0 Å². The summed E-state index contributed by atoms with van der Waals surface area (Å²) >= 11 is 1.00. The van der Waals surface area contributed by atoms with Gasteiger partial charge in [-0.25, -0.2) is 13.6 Å². The number of phenols is 1. The molecule has 2 rings (SSSR count). The van der Waals surface area contributed by atoms with Crippen LogP contribution in [0.3, 0.4) is 0 Å². The Hall–Kier alpha value is -1.90. The molecule has 1 aromatic carbocycles. The lowest BCUT2D eigenvalue weighted by Crippen LogP contribution is -2.22. The molecular weight excluding hydrogens is 300 g/mol. The minimum Gasteiger partial charge on any atom is -0.508 e. The van der Waals surface area contributed by atoms with E-state index in [2.05, 4.69) is 5.32 Å². The zero-order chi connectivity index (χ0) is 14.8. The summed E-state index contributed by atoms with van der Waals surface area (Å²) in [5.41, 5.74) is 0.327. The first-order chi connectivity index (χ1) is 9.36. The van der Waals surface area contributed by atoms with Crippen LogP contribution in [0.5, 0.6) is 5.75 Å². The van der Waals surface area contributed by atoms with Crippen LogP contribution in [-0.2, 0) is 16.6 Å². The second-order valence-corrected chi connectivity index (χ2v) is 6.96. The molecule has 0 saturated carbocycles. The normalized spacial score (nSPS) is 11.2. The van der Waals surface area contributed by atoms with Gasteiger partial charge in [-0.05, 0) is 30.3 Å². The Labute approximate surface area is 119 Å². The van der Waals surface area contributed by atoms with Crippen molar-refractivity contribution in [2.75, 3.05) is 0 Å². The van der Waals surface area contributed by atoms with Crippen LogP contribution in [-0.4, -0.2) is 19.4 Å². The first-order valence-electron chi connectivity index (χ1n) is 5.55. The highest BCUT2D eigenvalue weighted by molar-refractivity contribution is 7.91. The predicted molar refractivity (Wildman–Crippen MR) is 75.0 cm³/mol. The highest BCUT2D eigenvalue weighted by Gasteiger charge is 2.12. The lowest BCUT2D eigenvalue weighted by Gasteiger charge is -2.03. The van der Waals surface area contributed by atoms with E-state index in [0.717, 1.165) is 11.3 Å². The molecule has 1 heterocycles. The first kappa shape index (κ1) is 14.5. The van der Waals surface area contributed by atoms with E-state index in [0.29, 0.717) is 10.4 Å². The molecule has 6 nitrogen and oxygen atoms in total. The summed E-state index contributed by atoms with van der Waals surface area (Å²) in [4.78, 5) is 12.5. The van der Waals surface area contributed by atoms with Gasteiger partial charge in [0.1, 0.15) is 9.96 Å². The van der Waals surface area contributed by atoms with E-state index in [1.54, 1.807) is 18.2 Å². The Morgan fingerprint density at radius 2 is 2.05 bits per heavy atom. The van der Waals surface area contributed by atoms with Gasteiger partial charge >= 0.3 is 0 Å². The number of hydrogen-bond acceptors (Lipinski definition) is 5. The van der Waals surface area contributed by atoms with Crippen LogP contribution in [0.1, 0.15) is 15.2 Å². The summed E-state index contributed by atoms with van der Waals surface area (Å²) in [6.45, 7) is 0.189. The Balaban J connectivity index is 2.02. The number of thiophene rings is 1. The fourth-order valence-electron chi connectivity index (χ4n) is 1.52. The molecule has 0 radical (unpaired) electrons. The number of carbonyl (C=O) groups is 1. The van der Waals surface area contributed by atoms with Crippen molar-refractivity contribution in [2.24, 2.45) is 5.14 Å². The summed E-state index contributed by atoms with van der Waals surface area (Å²) in [7, 11) is -3.71.